The second kappa shape index (κ2) is 4.97. The molecule has 1 aliphatic rings. The van der Waals surface area contributed by atoms with E-state index in [0.29, 0.717) is 12.8 Å². The van der Waals surface area contributed by atoms with Gasteiger partial charge in [0.25, 0.3) is 0 Å². The summed E-state index contributed by atoms with van der Waals surface area (Å²) in [5, 5.41) is 27.9. The minimum Gasteiger partial charge on any atom is -0.481 e. The maximum absolute atomic E-state index is 10.5. The van der Waals surface area contributed by atoms with E-state index in [-0.39, 0.29) is 24.9 Å². The Labute approximate surface area is 95.6 Å². The highest BCUT2D eigenvalue weighted by molar-refractivity contribution is 5.67. The Morgan fingerprint density at radius 3 is 2.62 bits per heavy atom. The van der Waals surface area contributed by atoms with Crippen LogP contribution >= 0.6 is 0 Å². The highest BCUT2D eigenvalue weighted by atomic mass is 16.4. The Morgan fingerprint density at radius 1 is 1.50 bits per heavy atom. The van der Waals surface area contributed by atoms with Crippen molar-refractivity contribution in [1.82, 2.24) is 0 Å². The number of carboxylic acids is 1. The van der Waals surface area contributed by atoms with Crippen molar-refractivity contribution in [3.05, 3.63) is 12.2 Å². The number of allylic oxidation sites excluding steroid dienone is 1. The number of carbonyl (C=O) groups is 1. The molecular weight excluding hydrogens is 208 g/mol. The molecule has 0 aromatic rings. The lowest BCUT2D eigenvalue weighted by molar-refractivity contribution is -0.137. The first-order valence-electron chi connectivity index (χ1n) is 5.61. The molecule has 4 heteroatoms. The van der Waals surface area contributed by atoms with Gasteiger partial charge in [0.05, 0.1) is 5.60 Å². The van der Waals surface area contributed by atoms with Crippen LogP contribution in [0.2, 0.25) is 0 Å². The third-order valence-corrected chi connectivity index (χ3v) is 3.63. The second-order valence-electron chi connectivity index (χ2n) is 4.84. The molecular formula is C12H20O4. The summed E-state index contributed by atoms with van der Waals surface area (Å²) in [6, 6.07) is 0. The van der Waals surface area contributed by atoms with E-state index in [1.165, 1.54) is 0 Å². The fourth-order valence-corrected chi connectivity index (χ4v) is 2.53. The molecule has 1 saturated carbocycles. The van der Waals surface area contributed by atoms with Gasteiger partial charge in [0, 0.05) is 18.9 Å². The van der Waals surface area contributed by atoms with Crippen LogP contribution in [0.4, 0.5) is 0 Å². The van der Waals surface area contributed by atoms with Crippen LogP contribution in [-0.4, -0.2) is 33.5 Å². The second-order valence-corrected chi connectivity index (χ2v) is 4.84. The van der Waals surface area contributed by atoms with E-state index in [9.17, 15) is 15.0 Å². The highest BCUT2D eigenvalue weighted by Crippen LogP contribution is 2.43. The number of hydrogen-bond donors (Lipinski definition) is 3. The Hall–Kier alpha value is -0.870. The van der Waals surface area contributed by atoms with Gasteiger partial charge in [-0.2, -0.15) is 0 Å². The summed E-state index contributed by atoms with van der Waals surface area (Å²) < 4.78 is 0. The molecule has 0 aliphatic heterocycles. The summed E-state index contributed by atoms with van der Waals surface area (Å²) in [6.07, 6.45) is 1.90. The predicted molar refractivity (Wildman–Crippen MR) is 59.9 cm³/mol. The zero-order valence-electron chi connectivity index (χ0n) is 9.65. The molecule has 16 heavy (non-hydrogen) atoms. The van der Waals surface area contributed by atoms with Crippen molar-refractivity contribution in [3.63, 3.8) is 0 Å². The lowest BCUT2D eigenvalue weighted by Gasteiger charge is -2.28. The topological polar surface area (TPSA) is 77.8 Å². The quantitative estimate of drug-likeness (QED) is 0.617. The summed E-state index contributed by atoms with van der Waals surface area (Å²) in [4.78, 5) is 10.5. The molecule has 1 rings (SSSR count). The van der Waals surface area contributed by atoms with Crippen molar-refractivity contribution in [1.29, 1.82) is 0 Å². The van der Waals surface area contributed by atoms with Crippen LogP contribution in [-0.2, 0) is 4.79 Å². The largest absolute Gasteiger partial charge is 0.481 e. The zero-order chi connectivity index (χ0) is 12.3. The van der Waals surface area contributed by atoms with Gasteiger partial charge in [-0.3, -0.25) is 4.79 Å². The summed E-state index contributed by atoms with van der Waals surface area (Å²) in [6.45, 7) is 5.53. The highest BCUT2D eigenvalue weighted by Gasteiger charge is 2.44. The number of aliphatic hydroxyl groups excluding tert-OH is 1. The van der Waals surface area contributed by atoms with Gasteiger partial charge in [-0.15, -0.1) is 0 Å². The first-order chi connectivity index (χ1) is 7.38. The van der Waals surface area contributed by atoms with E-state index < -0.39 is 11.6 Å². The average Bonchev–Trinajstić information content (AvgIpc) is 2.49. The van der Waals surface area contributed by atoms with Gasteiger partial charge in [-0.05, 0) is 32.1 Å². The molecule has 92 valence electrons. The number of carboxylic acid groups (broad SMARTS) is 1. The Kier molecular flexibility index (Phi) is 4.10. The molecule has 0 spiro atoms. The maximum atomic E-state index is 10.5. The molecule has 0 aromatic heterocycles. The molecule has 0 aromatic carbocycles. The molecule has 1 fully saturated rings. The summed E-state index contributed by atoms with van der Waals surface area (Å²) >= 11 is 0. The Morgan fingerprint density at radius 2 is 2.12 bits per heavy atom. The molecule has 0 bridgehead atoms. The molecule has 3 atom stereocenters. The minimum absolute atomic E-state index is 0.0411. The van der Waals surface area contributed by atoms with Crippen molar-refractivity contribution >= 4 is 5.97 Å². The molecule has 0 amide bonds. The Bertz CT molecular complexity index is 283. The van der Waals surface area contributed by atoms with Gasteiger partial charge in [0.15, 0.2) is 0 Å². The molecule has 0 heterocycles. The molecule has 4 nitrogen and oxygen atoms in total. The van der Waals surface area contributed by atoms with E-state index in [1.807, 2.05) is 0 Å². The SMILES string of the molecule is C=C(CCC(=O)O)[C@H]1CC[C@](C)(O)[C@@H]1CO. The third-order valence-electron chi connectivity index (χ3n) is 3.63. The van der Waals surface area contributed by atoms with Crippen LogP contribution in [0.3, 0.4) is 0 Å². The lowest BCUT2D eigenvalue weighted by Crippen LogP contribution is -2.34. The van der Waals surface area contributed by atoms with E-state index in [4.69, 9.17) is 5.11 Å². The predicted octanol–water partition coefficient (Wildman–Crippen LogP) is 1.18. The molecule has 1 aliphatic carbocycles. The van der Waals surface area contributed by atoms with Crippen molar-refractivity contribution in [3.8, 4) is 0 Å². The number of aliphatic hydroxyl groups is 2. The summed E-state index contributed by atoms with van der Waals surface area (Å²) in [7, 11) is 0. The monoisotopic (exact) mass is 228 g/mol. The fourth-order valence-electron chi connectivity index (χ4n) is 2.53. The van der Waals surface area contributed by atoms with E-state index in [0.717, 1.165) is 12.0 Å². The molecule has 3 N–H and O–H groups in total. The number of rotatable bonds is 5. The van der Waals surface area contributed by atoms with Crippen molar-refractivity contribution < 1.29 is 20.1 Å². The van der Waals surface area contributed by atoms with Gasteiger partial charge < -0.3 is 15.3 Å². The Balaban J connectivity index is 2.60. The minimum atomic E-state index is -0.856. The normalized spacial score (nSPS) is 33.9. The van der Waals surface area contributed by atoms with Gasteiger partial charge in [0.2, 0.25) is 0 Å². The number of hydrogen-bond acceptors (Lipinski definition) is 3. The van der Waals surface area contributed by atoms with Gasteiger partial charge >= 0.3 is 5.97 Å². The fraction of sp³-hybridized carbons (Fsp3) is 0.750. The molecule has 0 unspecified atom stereocenters. The van der Waals surface area contributed by atoms with E-state index in [2.05, 4.69) is 6.58 Å². The average molecular weight is 228 g/mol. The van der Waals surface area contributed by atoms with Crippen LogP contribution < -0.4 is 0 Å². The number of aliphatic carboxylic acids is 1. The van der Waals surface area contributed by atoms with Gasteiger partial charge in [-0.25, -0.2) is 0 Å². The van der Waals surface area contributed by atoms with Crippen LogP contribution in [0.15, 0.2) is 12.2 Å². The first-order valence-corrected chi connectivity index (χ1v) is 5.61. The van der Waals surface area contributed by atoms with Crippen molar-refractivity contribution in [2.24, 2.45) is 11.8 Å². The van der Waals surface area contributed by atoms with Gasteiger partial charge in [-0.1, -0.05) is 12.2 Å². The van der Waals surface area contributed by atoms with Crippen LogP contribution in [0.25, 0.3) is 0 Å². The maximum Gasteiger partial charge on any atom is 0.303 e. The van der Waals surface area contributed by atoms with Gasteiger partial charge in [0.1, 0.15) is 0 Å². The van der Waals surface area contributed by atoms with E-state index in [1.54, 1.807) is 6.92 Å². The van der Waals surface area contributed by atoms with Crippen LogP contribution in [0.1, 0.15) is 32.6 Å². The zero-order valence-corrected chi connectivity index (χ0v) is 9.65. The van der Waals surface area contributed by atoms with Crippen LogP contribution in [0.5, 0.6) is 0 Å². The summed E-state index contributed by atoms with van der Waals surface area (Å²) in [5.41, 5.74) is -0.0230. The third kappa shape index (κ3) is 2.83. The molecule has 0 radical (unpaired) electrons. The van der Waals surface area contributed by atoms with Crippen molar-refractivity contribution in [2.45, 2.75) is 38.2 Å². The standard InChI is InChI=1S/C12H20O4/c1-8(3-4-11(14)15)9-5-6-12(2,16)10(9)7-13/h9-10,13,16H,1,3-7H2,2H3,(H,14,15)/t9-,10-,12+/m1/s1. The van der Waals surface area contributed by atoms with E-state index >= 15 is 0 Å². The first kappa shape index (κ1) is 13.2. The van der Waals surface area contributed by atoms with Crippen molar-refractivity contribution in [2.75, 3.05) is 6.61 Å². The molecule has 0 saturated heterocycles. The van der Waals surface area contributed by atoms with Crippen LogP contribution in [0, 0.1) is 11.8 Å². The lowest BCUT2D eigenvalue weighted by atomic mass is 9.83. The smallest absolute Gasteiger partial charge is 0.303 e. The summed E-state index contributed by atoms with van der Waals surface area (Å²) in [5.74, 6) is -1.01.